The normalized spacial score (nSPS) is 11.8. The van der Waals surface area contributed by atoms with Crippen molar-refractivity contribution in [1.82, 2.24) is 0 Å². The highest BCUT2D eigenvalue weighted by Gasteiger charge is 2.16. The molecule has 0 bridgehead atoms. The van der Waals surface area contributed by atoms with Crippen LogP contribution in [0.4, 0.5) is 0 Å². The second-order valence-electron chi connectivity index (χ2n) is 7.16. The van der Waals surface area contributed by atoms with Crippen molar-refractivity contribution in [3.8, 4) is 11.1 Å². The van der Waals surface area contributed by atoms with Crippen LogP contribution in [0.2, 0.25) is 5.02 Å². The second-order valence-corrected chi connectivity index (χ2v) is 7.57. The molecule has 1 aromatic heterocycles. The van der Waals surface area contributed by atoms with E-state index in [0.717, 1.165) is 38.5 Å². The fourth-order valence-corrected chi connectivity index (χ4v) is 4.36. The van der Waals surface area contributed by atoms with E-state index in [1.54, 1.807) is 0 Å². The lowest BCUT2D eigenvalue weighted by Crippen LogP contribution is -1.81. The number of hydrogen-bond donors (Lipinski definition) is 0. The monoisotopic (exact) mass is 378 g/mol. The van der Waals surface area contributed by atoms with Crippen LogP contribution in [0.5, 0.6) is 0 Å². The van der Waals surface area contributed by atoms with Crippen LogP contribution >= 0.6 is 11.6 Å². The highest BCUT2D eigenvalue weighted by Crippen LogP contribution is 2.41. The van der Waals surface area contributed by atoms with Gasteiger partial charge in [0.2, 0.25) is 0 Å². The maximum Gasteiger partial charge on any atom is 0.144 e. The molecule has 0 saturated carbocycles. The number of rotatable bonds is 1. The number of benzene rings is 5. The van der Waals surface area contributed by atoms with Gasteiger partial charge in [-0.15, -0.1) is 0 Å². The fraction of sp³-hybridized carbons (Fsp3) is 0. The Bertz CT molecular complexity index is 1520. The van der Waals surface area contributed by atoms with Crippen molar-refractivity contribution in [3.63, 3.8) is 0 Å². The fourth-order valence-electron chi connectivity index (χ4n) is 4.11. The Labute approximate surface area is 166 Å². The molecule has 6 rings (SSSR count). The van der Waals surface area contributed by atoms with E-state index in [1.165, 1.54) is 16.2 Å². The molecule has 1 nitrogen and oxygen atoms in total. The summed E-state index contributed by atoms with van der Waals surface area (Å²) in [7, 11) is 0. The molecule has 0 aliphatic heterocycles. The molecule has 5 aromatic carbocycles. The molecule has 1 heterocycles. The molecule has 0 atom stereocenters. The van der Waals surface area contributed by atoms with E-state index in [1.807, 2.05) is 12.1 Å². The van der Waals surface area contributed by atoms with Crippen molar-refractivity contribution in [1.29, 1.82) is 0 Å². The van der Waals surface area contributed by atoms with Gasteiger partial charge in [0.25, 0.3) is 0 Å². The highest BCUT2D eigenvalue weighted by atomic mass is 35.5. The number of furan rings is 1. The summed E-state index contributed by atoms with van der Waals surface area (Å²) in [6.07, 6.45) is 0. The molecule has 0 N–H and O–H groups in total. The molecule has 2 heteroatoms. The van der Waals surface area contributed by atoms with Gasteiger partial charge in [-0.3, -0.25) is 0 Å². The van der Waals surface area contributed by atoms with Crippen molar-refractivity contribution in [2.45, 2.75) is 0 Å². The molecule has 0 fully saturated rings. The van der Waals surface area contributed by atoms with Gasteiger partial charge in [-0.05, 0) is 57.4 Å². The molecule has 132 valence electrons. The van der Waals surface area contributed by atoms with Crippen LogP contribution in [0, 0.1) is 0 Å². The first-order valence-electron chi connectivity index (χ1n) is 9.31. The summed E-state index contributed by atoms with van der Waals surface area (Å²) in [5, 5.41) is 7.54. The smallest absolute Gasteiger partial charge is 0.144 e. The van der Waals surface area contributed by atoms with E-state index in [-0.39, 0.29) is 0 Å². The van der Waals surface area contributed by atoms with Crippen molar-refractivity contribution in [2.24, 2.45) is 0 Å². The lowest BCUT2D eigenvalue weighted by Gasteiger charge is -2.06. The topological polar surface area (TPSA) is 13.1 Å². The summed E-state index contributed by atoms with van der Waals surface area (Å²) in [5.41, 5.74) is 3.89. The number of halogens is 1. The first kappa shape index (κ1) is 15.7. The molecule has 0 aliphatic rings. The van der Waals surface area contributed by atoms with E-state index < -0.39 is 0 Å². The van der Waals surface area contributed by atoms with E-state index in [2.05, 4.69) is 78.9 Å². The molecule has 28 heavy (non-hydrogen) atoms. The molecule has 0 saturated heterocycles. The lowest BCUT2D eigenvalue weighted by molar-refractivity contribution is 0.670. The van der Waals surface area contributed by atoms with Crippen molar-refractivity contribution in [2.75, 3.05) is 0 Å². The minimum atomic E-state index is 0.716. The molecule has 0 aliphatic carbocycles. The number of hydrogen-bond acceptors (Lipinski definition) is 1. The minimum Gasteiger partial charge on any atom is -0.455 e. The van der Waals surface area contributed by atoms with Gasteiger partial charge >= 0.3 is 0 Å². The van der Waals surface area contributed by atoms with Crippen LogP contribution < -0.4 is 0 Å². The van der Waals surface area contributed by atoms with Crippen LogP contribution in [-0.2, 0) is 0 Å². The van der Waals surface area contributed by atoms with Crippen LogP contribution in [-0.4, -0.2) is 0 Å². The van der Waals surface area contributed by atoms with Gasteiger partial charge in [0.1, 0.15) is 11.2 Å². The zero-order valence-electron chi connectivity index (χ0n) is 14.9. The average Bonchev–Trinajstić information content (AvgIpc) is 3.11. The summed E-state index contributed by atoms with van der Waals surface area (Å²) in [6, 6.07) is 31.5. The maximum absolute atomic E-state index is 6.62. The molecule has 0 amide bonds. The largest absolute Gasteiger partial charge is 0.455 e. The Morgan fingerprint density at radius 1 is 0.607 bits per heavy atom. The first-order chi connectivity index (χ1) is 13.8. The van der Waals surface area contributed by atoms with E-state index >= 15 is 0 Å². The summed E-state index contributed by atoms with van der Waals surface area (Å²) >= 11 is 6.62. The highest BCUT2D eigenvalue weighted by molar-refractivity contribution is 6.38. The Kier molecular flexibility index (Phi) is 3.29. The van der Waals surface area contributed by atoms with Crippen LogP contribution in [0.15, 0.2) is 95.4 Å². The minimum absolute atomic E-state index is 0.716. The third-order valence-corrected chi connectivity index (χ3v) is 5.81. The molecule has 0 unspecified atom stereocenters. The van der Waals surface area contributed by atoms with Crippen molar-refractivity contribution >= 4 is 55.1 Å². The van der Waals surface area contributed by atoms with Crippen LogP contribution in [0.3, 0.4) is 0 Å². The Hall–Kier alpha value is -3.29. The molecular weight excluding hydrogens is 364 g/mol. The van der Waals surface area contributed by atoms with Gasteiger partial charge in [0.15, 0.2) is 0 Å². The number of fused-ring (bicyclic) bond motifs is 5. The van der Waals surface area contributed by atoms with E-state index in [9.17, 15) is 0 Å². The standard InChI is InChI=1S/C26H15ClO/c27-23-12-11-21(20-10-9-16-5-1-2-6-17(16)13-20)26-25(23)22-14-18-7-3-4-8-19(18)15-24(22)28-26/h1-15H. The summed E-state index contributed by atoms with van der Waals surface area (Å²) in [4.78, 5) is 0. The molecule has 0 spiro atoms. The zero-order valence-corrected chi connectivity index (χ0v) is 15.7. The van der Waals surface area contributed by atoms with E-state index in [4.69, 9.17) is 16.0 Å². The van der Waals surface area contributed by atoms with Crippen LogP contribution in [0.1, 0.15) is 0 Å². The van der Waals surface area contributed by atoms with Crippen LogP contribution in [0.25, 0.3) is 54.6 Å². The third kappa shape index (κ3) is 2.27. The van der Waals surface area contributed by atoms with Gasteiger partial charge in [-0.1, -0.05) is 72.3 Å². The maximum atomic E-state index is 6.62. The third-order valence-electron chi connectivity index (χ3n) is 5.50. The van der Waals surface area contributed by atoms with Gasteiger partial charge in [-0.2, -0.15) is 0 Å². The summed E-state index contributed by atoms with van der Waals surface area (Å²) in [6.45, 7) is 0. The quantitative estimate of drug-likeness (QED) is 0.281. The second kappa shape index (κ2) is 5.85. The average molecular weight is 379 g/mol. The Morgan fingerprint density at radius 2 is 1.29 bits per heavy atom. The molecular formula is C26H15ClO. The predicted molar refractivity (Wildman–Crippen MR) is 119 cm³/mol. The predicted octanol–water partition coefficient (Wildman–Crippen LogP) is 8.21. The van der Waals surface area contributed by atoms with Crippen molar-refractivity contribution < 1.29 is 4.42 Å². The SMILES string of the molecule is Clc1ccc(-c2ccc3ccccc3c2)c2oc3cc4ccccc4cc3c12. The van der Waals surface area contributed by atoms with Gasteiger partial charge in [-0.25, -0.2) is 0 Å². The van der Waals surface area contributed by atoms with Gasteiger partial charge in [0, 0.05) is 16.3 Å². The Morgan fingerprint density at radius 3 is 2.07 bits per heavy atom. The molecule has 6 aromatic rings. The van der Waals surface area contributed by atoms with E-state index in [0.29, 0.717) is 5.02 Å². The zero-order chi connectivity index (χ0) is 18.7. The summed E-state index contributed by atoms with van der Waals surface area (Å²) < 4.78 is 6.35. The first-order valence-corrected chi connectivity index (χ1v) is 9.68. The lowest BCUT2D eigenvalue weighted by atomic mass is 9.99. The Balaban J connectivity index is 1.70. The van der Waals surface area contributed by atoms with Gasteiger partial charge < -0.3 is 4.42 Å². The summed E-state index contributed by atoms with van der Waals surface area (Å²) in [5.74, 6) is 0. The van der Waals surface area contributed by atoms with Crippen molar-refractivity contribution in [3.05, 3.63) is 96.0 Å². The van der Waals surface area contributed by atoms with Gasteiger partial charge in [0.05, 0.1) is 5.02 Å². The molecule has 0 radical (unpaired) electrons.